The van der Waals surface area contributed by atoms with Crippen LogP contribution in [-0.2, 0) is 4.79 Å². The summed E-state index contributed by atoms with van der Waals surface area (Å²) in [6.45, 7) is 4.30. The quantitative estimate of drug-likeness (QED) is 0.684. The number of pyridine rings is 1. The molecule has 28 heavy (non-hydrogen) atoms. The van der Waals surface area contributed by atoms with E-state index in [0.717, 1.165) is 58.5 Å². The zero-order chi connectivity index (χ0) is 19.1. The highest BCUT2D eigenvalue weighted by molar-refractivity contribution is 7.21. The fourth-order valence-corrected chi connectivity index (χ4v) is 4.90. The Balaban J connectivity index is 1.41. The van der Waals surface area contributed by atoms with Gasteiger partial charge in [-0.3, -0.25) is 9.69 Å². The van der Waals surface area contributed by atoms with Gasteiger partial charge in [0, 0.05) is 43.6 Å². The van der Waals surface area contributed by atoms with Crippen molar-refractivity contribution >= 4 is 39.0 Å². The van der Waals surface area contributed by atoms with Crippen LogP contribution >= 0.6 is 11.3 Å². The number of hydrogen-bond donors (Lipinski definition) is 0. The molecule has 0 atom stereocenters. The van der Waals surface area contributed by atoms with Gasteiger partial charge in [0.05, 0.1) is 16.8 Å². The SMILES string of the molecule is CN1CCN(c2ccc3nc(-c4ccc(N5CCCC5)nc4)sc3c2)C(=O)C1. The Bertz CT molecular complexity index is 1010. The number of likely N-dealkylation sites (N-methyl/N-ethyl adjacent to an activating group) is 1. The largest absolute Gasteiger partial charge is 0.357 e. The van der Waals surface area contributed by atoms with E-state index >= 15 is 0 Å². The van der Waals surface area contributed by atoms with Crippen molar-refractivity contribution in [1.29, 1.82) is 0 Å². The minimum atomic E-state index is 0.152. The molecule has 4 heterocycles. The van der Waals surface area contributed by atoms with Crippen molar-refractivity contribution in [2.45, 2.75) is 12.8 Å². The molecule has 0 spiro atoms. The highest BCUT2D eigenvalue weighted by Crippen LogP contribution is 2.33. The van der Waals surface area contributed by atoms with Crippen LogP contribution in [0.4, 0.5) is 11.5 Å². The molecule has 2 aliphatic rings. The molecule has 0 N–H and O–H groups in total. The van der Waals surface area contributed by atoms with Gasteiger partial charge in [-0.15, -0.1) is 11.3 Å². The second-order valence-electron chi connectivity index (χ2n) is 7.55. The third-order valence-electron chi connectivity index (χ3n) is 5.52. The summed E-state index contributed by atoms with van der Waals surface area (Å²) in [5.74, 6) is 1.21. The van der Waals surface area contributed by atoms with Gasteiger partial charge in [0.15, 0.2) is 0 Å². The standard InChI is InChI=1S/C21H23N5OS/c1-24-10-11-26(20(27)14-24)16-5-6-17-18(12-16)28-21(23-17)15-4-7-19(22-13-15)25-8-2-3-9-25/h4-7,12-13H,2-3,8-11,14H2,1H3. The van der Waals surface area contributed by atoms with Gasteiger partial charge in [0.2, 0.25) is 5.91 Å². The first-order chi connectivity index (χ1) is 13.7. The average Bonchev–Trinajstić information content (AvgIpc) is 3.37. The van der Waals surface area contributed by atoms with E-state index in [9.17, 15) is 4.79 Å². The van der Waals surface area contributed by atoms with Gasteiger partial charge in [-0.25, -0.2) is 9.97 Å². The lowest BCUT2D eigenvalue weighted by atomic mass is 10.2. The molecule has 2 fully saturated rings. The lowest BCUT2D eigenvalue weighted by molar-refractivity contribution is -0.120. The van der Waals surface area contributed by atoms with Crippen LogP contribution in [0.3, 0.4) is 0 Å². The van der Waals surface area contributed by atoms with E-state index in [1.165, 1.54) is 12.8 Å². The molecule has 0 saturated carbocycles. The number of piperazine rings is 1. The zero-order valence-electron chi connectivity index (χ0n) is 16.0. The predicted octanol–water partition coefficient (Wildman–Crippen LogP) is 3.24. The van der Waals surface area contributed by atoms with Crippen LogP contribution in [0.5, 0.6) is 0 Å². The predicted molar refractivity (Wildman–Crippen MR) is 114 cm³/mol. The number of fused-ring (bicyclic) bond motifs is 1. The van der Waals surface area contributed by atoms with E-state index in [1.807, 2.05) is 30.3 Å². The van der Waals surface area contributed by atoms with Crippen LogP contribution in [0, 0.1) is 0 Å². The number of carbonyl (C=O) groups excluding carboxylic acids is 1. The molecule has 2 aliphatic heterocycles. The second kappa shape index (κ2) is 7.14. The minimum Gasteiger partial charge on any atom is -0.357 e. The molecule has 7 heteroatoms. The average molecular weight is 394 g/mol. The summed E-state index contributed by atoms with van der Waals surface area (Å²) in [6, 6.07) is 10.3. The molecule has 144 valence electrons. The Hall–Kier alpha value is -2.51. The lowest BCUT2D eigenvalue weighted by Crippen LogP contribution is -2.48. The number of aromatic nitrogens is 2. The van der Waals surface area contributed by atoms with Crippen molar-refractivity contribution in [1.82, 2.24) is 14.9 Å². The smallest absolute Gasteiger partial charge is 0.241 e. The van der Waals surface area contributed by atoms with Crippen molar-refractivity contribution in [3.8, 4) is 10.6 Å². The maximum atomic E-state index is 12.4. The van der Waals surface area contributed by atoms with Crippen molar-refractivity contribution in [2.24, 2.45) is 0 Å². The highest BCUT2D eigenvalue weighted by Gasteiger charge is 2.23. The molecule has 2 aromatic heterocycles. The summed E-state index contributed by atoms with van der Waals surface area (Å²) in [5.41, 5.74) is 2.97. The van der Waals surface area contributed by atoms with Gasteiger partial charge in [0.1, 0.15) is 10.8 Å². The number of thiazole rings is 1. The van der Waals surface area contributed by atoms with Crippen molar-refractivity contribution in [3.05, 3.63) is 36.5 Å². The van der Waals surface area contributed by atoms with Crippen molar-refractivity contribution < 1.29 is 4.79 Å². The third-order valence-corrected chi connectivity index (χ3v) is 6.59. The van der Waals surface area contributed by atoms with Crippen LogP contribution in [0.2, 0.25) is 0 Å². The molecule has 2 saturated heterocycles. The number of benzene rings is 1. The van der Waals surface area contributed by atoms with Crippen LogP contribution in [0.1, 0.15) is 12.8 Å². The Morgan fingerprint density at radius 1 is 1.04 bits per heavy atom. The minimum absolute atomic E-state index is 0.152. The van der Waals surface area contributed by atoms with Gasteiger partial charge in [-0.05, 0) is 50.2 Å². The molecule has 0 bridgehead atoms. The van der Waals surface area contributed by atoms with Gasteiger partial charge in [-0.1, -0.05) is 0 Å². The van der Waals surface area contributed by atoms with E-state index in [2.05, 4.69) is 33.0 Å². The van der Waals surface area contributed by atoms with E-state index in [-0.39, 0.29) is 5.91 Å². The summed E-state index contributed by atoms with van der Waals surface area (Å²) in [7, 11) is 1.98. The monoisotopic (exact) mass is 393 g/mol. The number of amides is 1. The lowest BCUT2D eigenvalue weighted by Gasteiger charge is -2.32. The Labute approximate surface area is 168 Å². The van der Waals surface area contributed by atoms with Crippen LogP contribution in [0.25, 0.3) is 20.8 Å². The topological polar surface area (TPSA) is 52.6 Å². The Kier molecular flexibility index (Phi) is 4.49. The molecule has 3 aromatic rings. The summed E-state index contributed by atoms with van der Waals surface area (Å²) >= 11 is 1.66. The van der Waals surface area contributed by atoms with E-state index < -0.39 is 0 Å². The van der Waals surface area contributed by atoms with Crippen molar-refractivity contribution in [2.75, 3.05) is 49.6 Å². The summed E-state index contributed by atoms with van der Waals surface area (Å²) in [4.78, 5) is 28.1. The molecule has 5 rings (SSSR count). The maximum absolute atomic E-state index is 12.4. The van der Waals surface area contributed by atoms with E-state index in [1.54, 1.807) is 11.3 Å². The molecular formula is C21H23N5OS. The first-order valence-corrected chi connectivity index (χ1v) is 10.6. The van der Waals surface area contributed by atoms with E-state index in [0.29, 0.717) is 6.54 Å². The number of nitrogens with zero attached hydrogens (tertiary/aromatic N) is 5. The van der Waals surface area contributed by atoms with Crippen LogP contribution in [-0.4, -0.2) is 60.5 Å². The molecule has 0 unspecified atom stereocenters. The van der Waals surface area contributed by atoms with Gasteiger partial charge < -0.3 is 9.80 Å². The van der Waals surface area contributed by atoms with Gasteiger partial charge in [-0.2, -0.15) is 0 Å². The van der Waals surface area contributed by atoms with Crippen molar-refractivity contribution in [3.63, 3.8) is 0 Å². The normalized spacial score (nSPS) is 18.4. The summed E-state index contributed by atoms with van der Waals surface area (Å²) in [6.07, 6.45) is 4.43. The van der Waals surface area contributed by atoms with E-state index in [4.69, 9.17) is 4.98 Å². The zero-order valence-corrected chi connectivity index (χ0v) is 16.8. The van der Waals surface area contributed by atoms with Gasteiger partial charge in [0.25, 0.3) is 0 Å². The molecule has 1 amide bonds. The first-order valence-electron chi connectivity index (χ1n) is 9.78. The fraction of sp³-hybridized carbons (Fsp3) is 0.381. The highest BCUT2D eigenvalue weighted by atomic mass is 32.1. The fourth-order valence-electron chi connectivity index (χ4n) is 3.91. The number of rotatable bonds is 3. The summed E-state index contributed by atoms with van der Waals surface area (Å²) in [5, 5.41) is 0.970. The maximum Gasteiger partial charge on any atom is 0.241 e. The molecule has 0 aliphatic carbocycles. The summed E-state index contributed by atoms with van der Waals surface area (Å²) < 4.78 is 1.10. The van der Waals surface area contributed by atoms with Gasteiger partial charge >= 0.3 is 0 Å². The molecule has 1 aromatic carbocycles. The first kappa shape index (κ1) is 17.6. The molecule has 0 radical (unpaired) electrons. The molecular weight excluding hydrogens is 370 g/mol. The van der Waals surface area contributed by atoms with Crippen LogP contribution in [0.15, 0.2) is 36.5 Å². The number of hydrogen-bond acceptors (Lipinski definition) is 6. The second-order valence-corrected chi connectivity index (χ2v) is 8.58. The molecule has 6 nitrogen and oxygen atoms in total. The Morgan fingerprint density at radius 2 is 1.89 bits per heavy atom. The number of anilines is 2. The third kappa shape index (κ3) is 3.25. The number of carbonyl (C=O) groups is 1. The Morgan fingerprint density at radius 3 is 2.64 bits per heavy atom. The van der Waals surface area contributed by atoms with Crippen LogP contribution < -0.4 is 9.80 Å².